The maximum atomic E-state index is 13.7. The van der Waals surface area contributed by atoms with Crippen molar-refractivity contribution in [3.05, 3.63) is 35.4 Å². The lowest BCUT2D eigenvalue weighted by Crippen LogP contribution is -2.23. The molecule has 3 heteroatoms. The fourth-order valence-electron chi connectivity index (χ4n) is 2.56. The Morgan fingerprint density at radius 2 is 2.00 bits per heavy atom. The van der Waals surface area contributed by atoms with E-state index >= 15 is 0 Å². The highest BCUT2D eigenvalue weighted by Gasteiger charge is 2.29. The van der Waals surface area contributed by atoms with Gasteiger partial charge in [0.2, 0.25) is 0 Å². The molecule has 1 heterocycles. The van der Waals surface area contributed by atoms with Crippen molar-refractivity contribution in [2.45, 2.75) is 51.0 Å². The Balaban J connectivity index is 2.00. The summed E-state index contributed by atoms with van der Waals surface area (Å²) < 4.78 is 27.4. The second-order valence-electron chi connectivity index (χ2n) is 5.15. The highest BCUT2D eigenvalue weighted by atomic mass is 19.3. The van der Waals surface area contributed by atoms with Gasteiger partial charge >= 0.3 is 0 Å². The van der Waals surface area contributed by atoms with Gasteiger partial charge in [-0.15, -0.1) is 0 Å². The molecule has 1 aromatic carbocycles. The van der Waals surface area contributed by atoms with Gasteiger partial charge in [0, 0.05) is 18.0 Å². The molecule has 1 nitrogen and oxygen atoms in total. The summed E-state index contributed by atoms with van der Waals surface area (Å²) in [5.74, 6) is -2.68. The second-order valence-corrected chi connectivity index (χ2v) is 5.15. The Morgan fingerprint density at radius 3 is 2.56 bits per heavy atom. The number of hydrogen-bond acceptors (Lipinski definition) is 1. The van der Waals surface area contributed by atoms with Gasteiger partial charge in [-0.05, 0) is 31.4 Å². The third-order valence-corrected chi connectivity index (χ3v) is 3.58. The Morgan fingerprint density at radius 1 is 1.28 bits per heavy atom. The van der Waals surface area contributed by atoms with Crippen molar-refractivity contribution in [2.24, 2.45) is 0 Å². The topological polar surface area (TPSA) is 12.0 Å². The lowest BCUT2D eigenvalue weighted by molar-refractivity contribution is -0.0140. The Hall–Kier alpha value is -0.960. The smallest absolute Gasteiger partial charge is 0.273 e. The summed E-state index contributed by atoms with van der Waals surface area (Å²) in [7, 11) is 0. The molecule has 2 rings (SSSR count). The van der Waals surface area contributed by atoms with Crippen LogP contribution in [0.15, 0.2) is 24.3 Å². The van der Waals surface area contributed by atoms with Gasteiger partial charge in [0.15, 0.2) is 0 Å². The summed E-state index contributed by atoms with van der Waals surface area (Å²) in [4.78, 5) is 0. The van der Waals surface area contributed by atoms with Gasteiger partial charge in [-0.2, -0.15) is 0 Å². The molecule has 0 aliphatic carbocycles. The first kappa shape index (κ1) is 13.5. The molecule has 0 amide bonds. The van der Waals surface area contributed by atoms with E-state index in [4.69, 9.17) is 0 Å². The molecule has 0 aromatic heterocycles. The number of hydrogen-bond donors (Lipinski definition) is 1. The molecule has 0 saturated carbocycles. The van der Waals surface area contributed by atoms with Gasteiger partial charge in [-0.1, -0.05) is 37.6 Å². The van der Waals surface area contributed by atoms with Crippen LogP contribution in [0.25, 0.3) is 0 Å². The number of halogens is 2. The second kappa shape index (κ2) is 5.79. The van der Waals surface area contributed by atoms with E-state index in [-0.39, 0.29) is 12.0 Å². The third-order valence-electron chi connectivity index (χ3n) is 3.58. The summed E-state index contributed by atoms with van der Waals surface area (Å²) in [5, 5.41) is 3.42. The Bertz CT molecular complexity index is 367. The van der Waals surface area contributed by atoms with Crippen LogP contribution in [0, 0.1) is 0 Å². The third kappa shape index (κ3) is 3.29. The molecule has 1 aliphatic heterocycles. The fraction of sp³-hybridized carbons (Fsp3) is 0.600. The van der Waals surface area contributed by atoms with E-state index in [9.17, 15) is 8.78 Å². The molecular weight excluding hydrogens is 232 g/mol. The minimum atomic E-state index is -2.68. The minimum absolute atomic E-state index is 0.0729. The summed E-state index contributed by atoms with van der Waals surface area (Å²) in [6.07, 6.45) is 3.78. The maximum absolute atomic E-state index is 13.7. The van der Waals surface area contributed by atoms with Gasteiger partial charge in [-0.25, -0.2) is 8.78 Å². The largest absolute Gasteiger partial charge is 0.314 e. The van der Waals surface area contributed by atoms with Crippen molar-refractivity contribution in [2.75, 3.05) is 6.54 Å². The van der Waals surface area contributed by atoms with Crippen LogP contribution in [-0.4, -0.2) is 12.6 Å². The van der Waals surface area contributed by atoms with Gasteiger partial charge in [0.05, 0.1) is 0 Å². The molecular formula is C15H21F2N. The van der Waals surface area contributed by atoms with E-state index < -0.39 is 5.92 Å². The zero-order valence-electron chi connectivity index (χ0n) is 10.9. The standard InChI is InChI=1S/C15H21F2N/c1-2-9-15(16,17)13-7-5-12(6-8-13)11-14-4-3-10-18-14/h5-8,14,18H,2-4,9-11H2,1H3. The zero-order valence-corrected chi connectivity index (χ0v) is 10.9. The van der Waals surface area contributed by atoms with Crippen LogP contribution in [0.1, 0.15) is 43.7 Å². The molecule has 1 fully saturated rings. The van der Waals surface area contributed by atoms with Crippen LogP contribution in [-0.2, 0) is 12.3 Å². The monoisotopic (exact) mass is 253 g/mol. The number of alkyl halides is 2. The minimum Gasteiger partial charge on any atom is -0.314 e. The van der Waals surface area contributed by atoms with E-state index in [1.807, 2.05) is 12.1 Å². The molecule has 1 saturated heterocycles. The van der Waals surface area contributed by atoms with Crippen LogP contribution >= 0.6 is 0 Å². The van der Waals surface area contributed by atoms with E-state index in [1.165, 1.54) is 12.8 Å². The van der Waals surface area contributed by atoms with Crippen LogP contribution in [0.5, 0.6) is 0 Å². The van der Waals surface area contributed by atoms with Crippen molar-refractivity contribution < 1.29 is 8.78 Å². The SMILES string of the molecule is CCCC(F)(F)c1ccc(CC2CCCN2)cc1. The normalized spacial score (nSPS) is 20.3. The zero-order chi connectivity index (χ0) is 13.0. The van der Waals surface area contributed by atoms with Gasteiger partial charge < -0.3 is 5.32 Å². The Labute approximate surface area is 108 Å². The molecule has 100 valence electrons. The predicted molar refractivity (Wildman–Crippen MR) is 70.0 cm³/mol. The van der Waals surface area contributed by atoms with E-state index in [1.54, 1.807) is 19.1 Å². The molecule has 1 aliphatic rings. The van der Waals surface area contributed by atoms with Gasteiger partial charge in [0.25, 0.3) is 5.92 Å². The average molecular weight is 253 g/mol. The van der Waals surface area contributed by atoms with Crippen molar-refractivity contribution >= 4 is 0 Å². The van der Waals surface area contributed by atoms with Gasteiger partial charge in [-0.3, -0.25) is 0 Å². The van der Waals surface area contributed by atoms with Gasteiger partial charge in [0.1, 0.15) is 0 Å². The van der Waals surface area contributed by atoms with Crippen LogP contribution in [0.4, 0.5) is 8.78 Å². The molecule has 0 bridgehead atoms. The average Bonchev–Trinajstić information content (AvgIpc) is 2.82. The molecule has 18 heavy (non-hydrogen) atoms. The number of nitrogens with one attached hydrogen (secondary N) is 1. The first-order valence-electron chi connectivity index (χ1n) is 6.82. The molecule has 1 unspecified atom stereocenters. The first-order chi connectivity index (χ1) is 8.62. The van der Waals surface area contributed by atoms with Crippen molar-refractivity contribution in [3.8, 4) is 0 Å². The van der Waals surface area contributed by atoms with Crippen molar-refractivity contribution in [1.82, 2.24) is 5.32 Å². The summed E-state index contributed by atoms with van der Waals surface area (Å²) >= 11 is 0. The lowest BCUT2D eigenvalue weighted by atomic mass is 9.99. The van der Waals surface area contributed by atoms with Crippen molar-refractivity contribution in [1.29, 1.82) is 0 Å². The fourth-order valence-corrected chi connectivity index (χ4v) is 2.56. The summed E-state index contributed by atoms with van der Waals surface area (Å²) in [6, 6.07) is 7.38. The predicted octanol–water partition coefficient (Wildman–Crippen LogP) is 3.87. The van der Waals surface area contributed by atoms with Crippen molar-refractivity contribution in [3.63, 3.8) is 0 Å². The van der Waals surface area contributed by atoms with Crippen LogP contribution < -0.4 is 5.32 Å². The number of benzene rings is 1. The summed E-state index contributed by atoms with van der Waals surface area (Å²) in [6.45, 7) is 2.87. The molecule has 1 atom stereocenters. The maximum Gasteiger partial charge on any atom is 0.273 e. The van der Waals surface area contributed by atoms with Crippen LogP contribution in [0.3, 0.4) is 0 Å². The lowest BCUT2D eigenvalue weighted by Gasteiger charge is -2.16. The molecule has 1 aromatic rings. The van der Waals surface area contributed by atoms with E-state index in [2.05, 4.69) is 5.32 Å². The van der Waals surface area contributed by atoms with Crippen LogP contribution in [0.2, 0.25) is 0 Å². The highest BCUT2D eigenvalue weighted by molar-refractivity contribution is 5.26. The number of rotatable bonds is 5. The molecule has 1 N–H and O–H groups in total. The van der Waals surface area contributed by atoms with E-state index in [0.29, 0.717) is 12.5 Å². The Kier molecular flexibility index (Phi) is 4.33. The quantitative estimate of drug-likeness (QED) is 0.840. The van der Waals surface area contributed by atoms with E-state index in [0.717, 1.165) is 18.5 Å². The summed E-state index contributed by atoms with van der Waals surface area (Å²) in [5.41, 5.74) is 1.29. The first-order valence-corrected chi connectivity index (χ1v) is 6.82. The molecule has 0 spiro atoms. The highest BCUT2D eigenvalue weighted by Crippen LogP contribution is 2.32. The molecule has 0 radical (unpaired) electrons.